The molecule has 2 aliphatic rings. The van der Waals surface area contributed by atoms with Crippen LogP contribution in [0.3, 0.4) is 0 Å². The molecule has 1 heterocycles. The number of H-pyrrole nitrogens is 1. The zero-order valence-corrected chi connectivity index (χ0v) is 9.30. The number of aromatic nitrogens is 2. The van der Waals surface area contributed by atoms with Crippen LogP contribution in [0.2, 0.25) is 0 Å². The Labute approximate surface area is 90.1 Å². The van der Waals surface area contributed by atoms with E-state index < -0.39 is 0 Å². The van der Waals surface area contributed by atoms with Crippen LogP contribution >= 0.6 is 15.9 Å². The second-order valence-electron chi connectivity index (χ2n) is 4.20. The van der Waals surface area contributed by atoms with Gasteiger partial charge in [-0.15, -0.1) is 0 Å². The predicted molar refractivity (Wildman–Crippen MR) is 56.5 cm³/mol. The highest BCUT2D eigenvalue weighted by Crippen LogP contribution is 2.43. The molecule has 0 amide bonds. The molecule has 3 rings (SSSR count). The van der Waals surface area contributed by atoms with Crippen LogP contribution in [0.5, 0.6) is 0 Å². The largest absolute Gasteiger partial charge is 0.309 e. The van der Waals surface area contributed by atoms with Crippen LogP contribution in [0.25, 0.3) is 0 Å². The summed E-state index contributed by atoms with van der Waals surface area (Å²) in [5.74, 6) is 1.96. The number of hydrogen-bond donors (Lipinski definition) is 1. The van der Waals surface area contributed by atoms with E-state index >= 15 is 0 Å². The second kappa shape index (κ2) is 2.92. The summed E-state index contributed by atoms with van der Waals surface area (Å²) in [6.45, 7) is 0. The van der Waals surface area contributed by atoms with Gasteiger partial charge in [-0.1, -0.05) is 0 Å². The van der Waals surface area contributed by atoms with Crippen molar-refractivity contribution in [3.63, 3.8) is 0 Å². The fraction of sp³-hybridized carbons (Fsp3) is 0.600. The molecule has 4 heteroatoms. The summed E-state index contributed by atoms with van der Waals surface area (Å²) in [7, 11) is 0. The van der Waals surface area contributed by atoms with Gasteiger partial charge in [-0.05, 0) is 41.6 Å². The molecular formula is C10H11BrN2O. The molecule has 0 bridgehead atoms. The van der Waals surface area contributed by atoms with Crippen LogP contribution in [-0.2, 0) is 0 Å². The van der Waals surface area contributed by atoms with Gasteiger partial charge in [0, 0.05) is 11.8 Å². The molecule has 0 spiro atoms. The zero-order chi connectivity index (χ0) is 9.71. The third kappa shape index (κ3) is 1.41. The van der Waals surface area contributed by atoms with Crippen molar-refractivity contribution in [3.05, 3.63) is 26.3 Å². The van der Waals surface area contributed by atoms with Crippen molar-refractivity contribution in [3.8, 4) is 0 Å². The average molecular weight is 255 g/mol. The molecule has 0 radical (unpaired) electrons. The minimum atomic E-state index is -0.0104. The molecule has 74 valence electrons. The van der Waals surface area contributed by atoms with Crippen LogP contribution in [0.15, 0.2) is 9.27 Å². The first-order valence-electron chi connectivity index (χ1n) is 5.05. The predicted octanol–water partition coefficient (Wildman–Crippen LogP) is 2.29. The Morgan fingerprint density at radius 2 is 1.86 bits per heavy atom. The first kappa shape index (κ1) is 8.65. The van der Waals surface area contributed by atoms with Crippen LogP contribution < -0.4 is 5.56 Å². The van der Waals surface area contributed by atoms with E-state index in [1.165, 1.54) is 25.7 Å². The maximum absolute atomic E-state index is 11.6. The minimum Gasteiger partial charge on any atom is -0.309 e. The number of halogens is 1. The van der Waals surface area contributed by atoms with Crippen molar-refractivity contribution in [2.24, 2.45) is 0 Å². The van der Waals surface area contributed by atoms with Crippen molar-refractivity contribution >= 4 is 15.9 Å². The van der Waals surface area contributed by atoms with Gasteiger partial charge >= 0.3 is 0 Å². The number of aromatic amines is 1. The lowest BCUT2D eigenvalue weighted by Gasteiger charge is -2.03. The average Bonchev–Trinajstić information content (AvgIpc) is 3.04. The molecular weight excluding hydrogens is 244 g/mol. The maximum atomic E-state index is 11.6. The van der Waals surface area contributed by atoms with Gasteiger partial charge in [-0.2, -0.15) is 0 Å². The lowest BCUT2D eigenvalue weighted by Crippen LogP contribution is -2.14. The van der Waals surface area contributed by atoms with Gasteiger partial charge in [-0.25, -0.2) is 4.98 Å². The summed E-state index contributed by atoms with van der Waals surface area (Å²) < 4.78 is 0.643. The van der Waals surface area contributed by atoms with E-state index in [0.717, 1.165) is 11.5 Å². The van der Waals surface area contributed by atoms with Gasteiger partial charge in [0.05, 0.1) is 5.69 Å². The molecule has 0 saturated heterocycles. The Morgan fingerprint density at radius 3 is 2.43 bits per heavy atom. The lowest BCUT2D eigenvalue weighted by molar-refractivity contribution is 0.847. The highest BCUT2D eigenvalue weighted by atomic mass is 79.9. The molecule has 1 N–H and O–H groups in total. The first-order valence-corrected chi connectivity index (χ1v) is 5.84. The monoisotopic (exact) mass is 254 g/mol. The fourth-order valence-corrected chi connectivity index (χ4v) is 2.18. The normalized spacial score (nSPS) is 21.2. The summed E-state index contributed by atoms with van der Waals surface area (Å²) in [5.41, 5.74) is 0.972. The quantitative estimate of drug-likeness (QED) is 0.881. The van der Waals surface area contributed by atoms with E-state index in [9.17, 15) is 4.79 Å². The van der Waals surface area contributed by atoms with Gasteiger partial charge in [0.1, 0.15) is 10.3 Å². The number of rotatable bonds is 2. The summed E-state index contributed by atoms with van der Waals surface area (Å²) in [6, 6.07) is 0. The van der Waals surface area contributed by atoms with Gasteiger partial charge in [0.25, 0.3) is 5.56 Å². The van der Waals surface area contributed by atoms with E-state index in [1.54, 1.807) is 0 Å². The Bertz CT molecular complexity index is 432. The maximum Gasteiger partial charge on any atom is 0.265 e. The number of hydrogen-bond acceptors (Lipinski definition) is 2. The van der Waals surface area contributed by atoms with Gasteiger partial charge < -0.3 is 4.98 Å². The van der Waals surface area contributed by atoms with Crippen LogP contribution in [0.4, 0.5) is 0 Å². The molecule has 1 aromatic rings. The van der Waals surface area contributed by atoms with Crippen LogP contribution in [0.1, 0.15) is 49.0 Å². The van der Waals surface area contributed by atoms with Crippen molar-refractivity contribution in [1.82, 2.24) is 9.97 Å². The standard InChI is InChI=1S/C10H11BrN2O/c11-7-8(5-1-2-5)12-9(6-3-4-6)13-10(7)14/h5-6H,1-4H2,(H,12,13,14). The van der Waals surface area contributed by atoms with Gasteiger partial charge in [0.15, 0.2) is 0 Å². The number of nitrogens with one attached hydrogen (secondary N) is 1. The van der Waals surface area contributed by atoms with E-state index in [2.05, 4.69) is 25.9 Å². The molecule has 2 fully saturated rings. The zero-order valence-electron chi connectivity index (χ0n) is 7.72. The van der Waals surface area contributed by atoms with Crippen molar-refractivity contribution in [2.45, 2.75) is 37.5 Å². The topological polar surface area (TPSA) is 45.8 Å². The van der Waals surface area contributed by atoms with Crippen molar-refractivity contribution in [1.29, 1.82) is 0 Å². The summed E-state index contributed by atoms with van der Waals surface area (Å²) in [5, 5.41) is 0. The van der Waals surface area contributed by atoms with Gasteiger partial charge in [0.2, 0.25) is 0 Å². The molecule has 0 aromatic carbocycles. The summed E-state index contributed by atoms with van der Waals surface area (Å²) in [4.78, 5) is 19.0. The molecule has 3 nitrogen and oxygen atoms in total. The summed E-state index contributed by atoms with van der Waals surface area (Å²) >= 11 is 3.32. The Kier molecular flexibility index (Phi) is 1.81. The van der Waals surface area contributed by atoms with E-state index in [-0.39, 0.29) is 5.56 Å². The molecule has 0 atom stereocenters. The SMILES string of the molecule is O=c1[nH]c(C2CC2)nc(C2CC2)c1Br. The van der Waals surface area contributed by atoms with Gasteiger partial charge in [-0.3, -0.25) is 4.79 Å². The number of nitrogens with zero attached hydrogens (tertiary/aromatic N) is 1. The van der Waals surface area contributed by atoms with Crippen molar-refractivity contribution < 1.29 is 0 Å². The highest BCUT2D eigenvalue weighted by Gasteiger charge is 2.32. The second-order valence-corrected chi connectivity index (χ2v) is 4.99. The molecule has 1 aromatic heterocycles. The smallest absolute Gasteiger partial charge is 0.265 e. The van der Waals surface area contributed by atoms with Crippen LogP contribution in [0, 0.1) is 0 Å². The lowest BCUT2D eigenvalue weighted by atomic mass is 10.2. The van der Waals surface area contributed by atoms with Crippen LogP contribution in [-0.4, -0.2) is 9.97 Å². The highest BCUT2D eigenvalue weighted by molar-refractivity contribution is 9.10. The minimum absolute atomic E-state index is 0.0104. The summed E-state index contributed by atoms with van der Waals surface area (Å²) in [6.07, 6.45) is 4.71. The van der Waals surface area contributed by atoms with E-state index in [1.807, 2.05) is 0 Å². The third-order valence-electron chi connectivity index (χ3n) is 2.83. The van der Waals surface area contributed by atoms with E-state index in [0.29, 0.717) is 16.3 Å². The molecule has 0 aliphatic heterocycles. The van der Waals surface area contributed by atoms with E-state index in [4.69, 9.17) is 0 Å². The fourth-order valence-electron chi connectivity index (χ4n) is 1.67. The first-order chi connectivity index (χ1) is 6.75. The third-order valence-corrected chi connectivity index (χ3v) is 3.60. The molecule has 0 unspecified atom stereocenters. The molecule has 2 saturated carbocycles. The Morgan fingerprint density at radius 1 is 1.21 bits per heavy atom. The Balaban J connectivity index is 2.11. The molecule has 14 heavy (non-hydrogen) atoms. The molecule has 2 aliphatic carbocycles. The Hall–Kier alpha value is -0.640. The van der Waals surface area contributed by atoms with Crippen molar-refractivity contribution in [2.75, 3.05) is 0 Å².